The smallest absolute Gasteiger partial charge is 0.317 e. The van der Waals surface area contributed by atoms with Crippen LogP contribution in [0.1, 0.15) is 24.8 Å². The largest absolute Gasteiger partial charge is 0.497 e. The zero-order valence-electron chi connectivity index (χ0n) is 11.5. The molecule has 0 radical (unpaired) electrons. The van der Waals surface area contributed by atoms with Crippen LogP contribution in [-0.2, 0) is 6.42 Å². The third kappa shape index (κ3) is 4.16. The number of amides is 2. The standard InChI is InChI=1S/C15H22N2O2/c1-19-14-7-5-13(6-8-14)9-10-16-15(18)17-11-3-2-4-12-17/h5-8H,2-4,9-12H2,1H3,(H,16,18). The molecule has 0 atom stereocenters. The number of hydrogen-bond acceptors (Lipinski definition) is 2. The van der Waals surface area contributed by atoms with Gasteiger partial charge < -0.3 is 15.0 Å². The highest BCUT2D eigenvalue weighted by molar-refractivity contribution is 5.74. The Hall–Kier alpha value is -1.71. The van der Waals surface area contributed by atoms with Gasteiger partial charge in [0.15, 0.2) is 0 Å². The minimum absolute atomic E-state index is 0.0770. The van der Waals surface area contributed by atoms with Crippen LogP contribution in [0.4, 0.5) is 4.79 Å². The Morgan fingerprint density at radius 1 is 1.21 bits per heavy atom. The highest BCUT2D eigenvalue weighted by Crippen LogP contribution is 2.11. The van der Waals surface area contributed by atoms with Crippen LogP contribution in [0.2, 0.25) is 0 Å². The minimum atomic E-state index is 0.0770. The number of ether oxygens (including phenoxy) is 1. The molecule has 104 valence electrons. The van der Waals surface area contributed by atoms with Gasteiger partial charge in [-0.2, -0.15) is 0 Å². The number of hydrogen-bond donors (Lipinski definition) is 1. The van der Waals surface area contributed by atoms with Crippen LogP contribution in [-0.4, -0.2) is 37.7 Å². The molecule has 0 aromatic heterocycles. The van der Waals surface area contributed by atoms with Gasteiger partial charge in [-0.15, -0.1) is 0 Å². The Morgan fingerprint density at radius 3 is 2.53 bits per heavy atom. The summed E-state index contributed by atoms with van der Waals surface area (Å²) >= 11 is 0. The number of carbonyl (C=O) groups is 1. The lowest BCUT2D eigenvalue weighted by molar-refractivity contribution is 0.186. The molecule has 0 bridgehead atoms. The third-order valence-corrected chi connectivity index (χ3v) is 3.49. The molecule has 0 saturated carbocycles. The molecule has 1 heterocycles. The number of methoxy groups -OCH3 is 1. The lowest BCUT2D eigenvalue weighted by atomic mass is 10.1. The number of piperidine rings is 1. The van der Waals surface area contributed by atoms with E-state index < -0.39 is 0 Å². The first-order chi connectivity index (χ1) is 9.29. The second kappa shape index (κ2) is 7.02. The van der Waals surface area contributed by atoms with Crippen molar-refractivity contribution in [2.24, 2.45) is 0 Å². The summed E-state index contributed by atoms with van der Waals surface area (Å²) in [5.74, 6) is 0.862. The predicted octanol–water partition coefficient (Wildman–Crippen LogP) is 2.43. The molecule has 4 heteroatoms. The minimum Gasteiger partial charge on any atom is -0.497 e. The highest BCUT2D eigenvalue weighted by atomic mass is 16.5. The van der Waals surface area contributed by atoms with Crippen molar-refractivity contribution in [3.05, 3.63) is 29.8 Å². The fourth-order valence-corrected chi connectivity index (χ4v) is 2.31. The van der Waals surface area contributed by atoms with Gasteiger partial charge in [-0.1, -0.05) is 12.1 Å². The van der Waals surface area contributed by atoms with Gasteiger partial charge in [0.1, 0.15) is 5.75 Å². The van der Waals surface area contributed by atoms with Gasteiger partial charge in [-0.25, -0.2) is 4.79 Å². The van der Waals surface area contributed by atoms with E-state index in [9.17, 15) is 4.79 Å². The van der Waals surface area contributed by atoms with E-state index in [0.29, 0.717) is 6.54 Å². The molecule has 19 heavy (non-hydrogen) atoms. The number of nitrogens with zero attached hydrogens (tertiary/aromatic N) is 1. The van der Waals surface area contributed by atoms with Crippen LogP contribution in [0.15, 0.2) is 24.3 Å². The Balaban J connectivity index is 1.71. The van der Waals surface area contributed by atoms with E-state index >= 15 is 0 Å². The van der Waals surface area contributed by atoms with E-state index in [0.717, 1.165) is 38.1 Å². The van der Waals surface area contributed by atoms with Gasteiger partial charge in [-0.3, -0.25) is 0 Å². The summed E-state index contributed by atoms with van der Waals surface area (Å²) in [6.07, 6.45) is 4.36. The Kier molecular flexibility index (Phi) is 5.07. The Morgan fingerprint density at radius 2 is 1.89 bits per heavy atom. The van der Waals surface area contributed by atoms with Gasteiger partial charge >= 0.3 is 6.03 Å². The normalized spacial score (nSPS) is 15.1. The van der Waals surface area contributed by atoms with E-state index in [1.807, 2.05) is 29.2 Å². The summed E-state index contributed by atoms with van der Waals surface area (Å²) in [5, 5.41) is 2.99. The Labute approximate surface area is 114 Å². The summed E-state index contributed by atoms with van der Waals surface area (Å²) in [7, 11) is 1.66. The first-order valence-electron chi connectivity index (χ1n) is 6.95. The molecule has 1 aromatic carbocycles. The van der Waals surface area contributed by atoms with Gasteiger partial charge in [-0.05, 0) is 43.4 Å². The monoisotopic (exact) mass is 262 g/mol. The van der Waals surface area contributed by atoms with Crippen molar-refractivity contribution < 1.29 is 9.53 Å². The number of urea groups is 1. The second-order valence-corrected chi connectivity index (χ2v) is 4.88. The average molecular weight is 262 g/mol. The van der Waals surface area contributed by atoms with Crippen molar-refractivity contribution in [1.82, 2.24) is 10.2 Å². The third-order valence-electron chi connectivity index (χ3n) is 3.49. The zero-order chi connectivity index (χ0) is 13.5. The van der Waals surface area contributed by atoms with Gasteiger partial charge in [0.25, 0.3) is 0 Å². The maximum absolute atomic E-state index is 11.9. The number of nitrogens with one attached hydrogen (secondary N) is 1. The van der Waals surface area contributed by atoms with E-state index in [-0.39, 0.29) is 6.03 Å². The van der Waals surface area contributed by atoms with Gasteiger partial charge in [0.2, 0.25) is 0 Å². The van der Waals surface area contributed by atoms with Crippen molar-refractivity contribution in [2.75, 3.05) is 26.7 Å². The lowest BCUT2D eigenvalue weighted by Crippen LogP contribution is -2.43. The molecular weight excluding hydrogens is 240 g/mol. The average Bonchev–Trinajstić information content (AvgIpc) is 2.49. The molecule has 2 amide bonds. The quantitative estimate of drug-likeness (QED) is 0.905. The summed E-state index contributed by atoms with van der Waals surface area (Å²) in [6.45, 7) is 2.48. The lowest BCUT2D eigenvalue weighted by Gasteiger charge is -2.26. The summed E-state index contributed by atoms with van der Waals surface area (Å²) in [6, 6.07) is 8.04. The summed E-state index contributed by atoms with van der Waals surface area (Å²) in [5.41, 5.74) is 1.21. The van der Waals surface area contributed by atoms with Crippen molar-refractivity contribution >= 4 is 6.03 Å². The molecule has 0 aliphatic carbocycles. The van der Waals surface area contributed by atoms with Crippen LogP contribution < -0.4 is 10.1 Å². The maximum Gasteiger partial charge on any atom is 0.317 e. The molecule has 0 unspecified atom stereocenters. The van der Waals surface area contributed by atoms with Crippen molar-refractivity contribution in [1.29, 1.82) is 0 Å². The van der Waals surface area contributed by atoms with E-state index in [2.05, 4.69) is 5.32 Å². The number of carbonyl (C=O) groups excluding carboxylic acids is 1. The zero-order valence-corrected chi connectivity index (χ0v) is 11.5. The van der Waals surface area contributed by atoms with Crippen molar-refractivity contribution in [3.63, 3.8) is 0 Å². The molecule has 1 fully saturated rings. The topological polar surface area (TPSA) is 41.6 Å². The SMILES string of the molecule is COc1ccc(CCNC(=O)N2CCCCC2)cc1. The van der Waals surface area contributed by atoms with Crippen LogP contribution in [0.25, 0.3) is 0 Å². The van der Waals surface area contributed by atoms with E-state index in [4.69, 9.17) is 4.74 Å². The Bertz CT molecular complexity index is 397. The molecule has 1 aliphatic rings. The molecule has 4 nitrogen and oxygen atoms in total. The van der Waals surface area contributed by atoms with Crippen LogP contribution in [0, 0.1) is 0 Å². The number of likely N-dealkylation sites (tertiary alicyclic amines) is 1. The second-order valence-electron chi connectivity index (χ2n) is 4.88. The summed E-state index contributed by atoms with van der Waals surface area (Å²) < 4.78 is 5.11. The molecule has 1 saturated heterocycles. The van der Waals surface area contributed by atoms with E-state index in [1.165, 1.54) is 12.0 Å². The van der Waals surface area contributed by atoms with Gasteiger partial charge in [0.05, 0.1) is 7.11 Å². The molecule has 2 rings (SSSR count). The van der Waals surface area contributed by atoms with Crippen LogP contribution in [0.5, 0.6) is 5.75 Å². The molecular formula is C15H22N2O2. The first-order valence-corrected chi connectivity index (χ1v) is 6.95. The molecule has 1 N–H and O–H groups in total. The van der Waals surface area contributed by atoms with E-state index in [1.54, 1.807) is 7.11 Å². The number of rotatable bonds is 4. The molecule has 1 aromatic rings. The fourth-order valence-electron chi connectivity index (χ4n) is 2.31. The highest BCUT2D eigenvalue weighted by Gasteiger charge is 2.15. The maximum atomic E-state index is 11.9. The van der Waals surface area contributed by atoms with Crippen LogP contribution >= 0.6 is 0 Å². The van der Waals surface area contributed by atoms with Crippen LogP contribution in [0.3, 0.4) is 0 Å². The molecule has 1 aliphatic heterocycles. The predicted molar refractivity (Wildman–Crippen MR) is 75.5 cm³/mol. The van der Waals surface area contributed by atoms with Crippen molar-refractivity contribution in [3.8, 4) is 5.75 Å². The first kappa shape index (κ1) is 13.7. The fraction of sp³-hybridized carbons (Fsp3) is 0.533. The summed E-state index contributed by atoms with van der Waals surface area (Å²) in [4.78, 5) is 13.8. The van der Waals surface area contributed by atoms with Crippen molar-refractivity contribution in [2.45, 2.75) is 25.7 Å². The number of benzene rings is 1. The molecule has 0 spiro atoms. The van der Waals surface area contributed by atoms with Gasteiger partial charge in [0, 0.05) is 19.6 Å².